The van der Waals surface area contributed by atoms with Gasteiger partial charge >= 0.3 is 6.18 Å². The van der Waals surface area contributed by atoms with Gasteiger partial charge in [-0.25, -0.2) is 0 Å². The summed E-state index contributed by atoms with van der Waals surface area (Å²) >= 11 is 7.00. The van der Waals surface area contributed by atoms with E-state index in [1.165, 1.54) is 17.8 Å². The maximum absolute atomic E-state index is 13.6. The molecule has 2 heterocycles. The fourth-order valence-corrected chi connectivity index (χ4v) is 5.65. The van der Waals surface area contributed by atoms with Crippen molar-refractivity contribution in [3.8, 4) is 11.8 Å². The Hall–Kier alpha value is -3.07. The van der Waals surface area contributed by atoms with E-state index >= 15 is 0 Å². The Morgan fingerprint density at radius 1 is 1.21 bits per heavy atom. The monoisotopic (exact) mass is 503 g/mol. The Balaban J connectivity index is 1.56. The summed E-state index contributed by atoms with van der Waals surface area (Å²) in [5, 5.41) is 20.2. The molecule has 3 aliphatic rings. The number of carbonyl (C=O) groups is 1. The second-order valence-electron chi connectivity index (χ2n) is 8.08. The first kappa shape index (κ1) is 22.7. The van der Waals surface area contributed by atoms with Crippen molar-refractivity contribution in [2.24, 2.45) is 0 Å². The number of benzene rings is 2. The van der Waals surface area contributed by atoms with Crippen LogP contribution in [-0.4, -0.2) is 28.3 Å². The predicted octanol–water partition coefficient (Wildman–Crippen LogP) is 4.96. The number of thioether (sulfide) groups is 1. The van der Waals surface area contributed by atoms with Gasteiger partial charge in [0.15, 0.2) is 5.11 Å². The van der Waals surface area contributed by atoms with Crippen LogP contribution in [0.15, 0.2) is 52.5 Å². The van der Waals surface area contributed by atoms with Crippen molar-refractivity contribution < 1.29 is 27.8 Å². The fourth-order valence-electron chi connectivity index (χ4n) is 4.39. The number of fused-ring (bicyclic) bond motifs is 1. The lowest BCUT2D eigenvalue weighted by Gasteiger charge is -2.43. The van der Waals surface area contributed by atoms with E-state index in [2.05, 4.69) is 0 Å². The van der Waals surface area contributed by atoms with Crippen molar-refractivity contribution in [2.75, 3.05) is 16.4 Å². The van der Waals surface area contributed by atoms with Gasteiger partial charge in [-0.1, -0.05) is 11.8 Å². The van der Waals surface area contributed by atoms with Crippen LogP contribution in [0.1, 0.15) is 30.4 Å². The maximum Gasteiger partial charge on any atom is 0.417 e. The number of ether oxygens (including phenoxy) is 1. The van der Waals surface area contributed by atoms with E-state index in [1.54, 1.807) is 28.5 Å². The van der Waals surface area contributed by atoms with Crippen molar-refractivity contribution in [1.82, 2.24) is 0 Å². The Bertz CT molecular complexity index is 1300. The highest BCUT2D eigenvalue weighted by Crippen LogP contribution is 2.50. The summed E-state index contributed by atoms with van der Waals surface area (Å²) in [4.78, 5) is 17.2. The smallest absolute Gasteiger partial charge is 0.417 e. The number of thiocarbonyl (C=S) groups is 1. The predicted molar refractivity (Wildman–Crippen MR) is 123 cm³/mol. The molecule has 1 amide bonds. The molecular weight excluding hydrogens is 487 g/mol. The van der Waals surface area contributed by atoms with Crippen LogP contribution in [0.5, 0.6) is 5.75 Å². The first-order chi connectivity index (χ1) is 16.2. The van der Waals surface area contributed by atoms with Crippen molar-refractivity contribution in [1.29, 1.82) is 5.26 Å². The molecule has 2 fully saturated rings. The molecule has 0 aromatic heterocycles. The zero-order valence-corrected chi connectivity index (χ0v) is 19.1. The molecule has 1 saturated heterocycles. The zero-order chi connectivity index (χ0) is 24.3. The van der Waals surface area contributed by atoms with E-state index in [-0.39, 0.29) is 23.3 Å². The number of halogens is 3. The molecule has 1 N–H and O–H groups in total. The van der Waals surface area contributed by atoms with E-state index < -0.39 is 22.8 Å². The van der Waals surface area contributed by atoms with E-state index in [4.69, 9.17) is 22.2 Å². The van der Waals surface area contributed by atoms with E-state index in [0.717, 1.165) is 28.3 Å². The van der Waals surface area contributed by atoms with Gasteiger partial charge in [-0.15, -0.1) is 0 Å². The Morgan fingerprint density at radius 2 is 1.94 bits per heavy atom. The SMILES string of the molecule is N#Cc1ccc(N2C(=O)C3(CCC3)N(c3ccc4c(c3)SC=C(CO)O4)C2=S)cc1C(F)(F)F. The molecule has 2 aliphatic heterocycles. The van der Waals surface area contributed by atoms with Crippen LogP contribution in [0, 0.1) is 11.3 Å². The molecule has 0 bridgehead atoms. The summed E-state index contributed by atoms with van der Waals surface area (Å²) in [5.74, 6) is 0.587. The summed E-state index contributed by atoms with van der Waals surface area (Å²) in [6, 6.07) is 9.99. The molecule has 5 rings (SSSR count). The number of hydrogen-bond donors (Lipinski definition) is 1. The number of nitriles is 1. The fraction of sp³-hybridized carbons (Fsp3) is 0.261. The van der Waals surface area contributed by atoms with Gasteiger partial charge in [0.25, 0.3) is 5.91 Å². The lowest BCUT2D eigenvalue weighted by atomic mass is 9.75. The number of anilines is 2. The highest BCUT2D eigenvalue weighted by molar-refractivity contribution is 8.02. The summed E-state index contributed by atoms with van der Waals surface area (Å²) in [6.07, 6.45) is -2.94. The van der Waals surface area contributed by atoms with Crippen molar-refractivity contribution in [3.05, 3.63) is 58.7 Å². The van der Waals surface area contributed by atoms with Gasteiger partial charge in [-0.2, -0.15) is 18.4 Å². The molecule has 1 spiro atoms. The largest absolute Gasteiger partial charge is 0.458 e. The minimum atomic E-state index is -4.75. The molecule has 0 radical (unpaired) electrons. The second kappa shape index (κ2) is 8.01. The standard InChI is InChI=1S/C23H16F3N3O3S2/c24-23(25,26)17-8-14(3-2-13(17)10-27)28-20(31)22(6-1-7-22)29(21(28)33)15-4-5-18-19(9-15)34-12-16(11-30)32-18/h2-5,8-9,12,30H,1,6-7,11H2. The van der Waals surface area contributed by atoms with Gasteiger partial charge < -0.3 is 14.7 Å². The average Bonchev–Trinajstić information content (AvgIpc) is 3.04. The molecule has 11 heteroatoms. The third-order valence-electron chi connectivity index (χ3n) is 6.18. The van der Waals surface area contributed by atoms with Crippen LogP contribution in [0.3, 0.4) is 0 Å². The number of amides is 1. The Kier molecular flexibility index (Phi) is 5.35. The molecule has 1 aliphatic carbocycles. The van der Waals surface area contributed by atoms with Gasteiger partial charge in [0.05, 0.1) is 27.8 Å². The number of rotatable bonds is 3. The quantitative estimate of drug-likeness (QED) is 0.594. The number of carbonyl (C=O) groups excluding carboxylic acids is 1. The lowest BCUT2D eigenvalue weighted by molar-refractivity contribution is -0.137. The maximum atomic E-state index is 13.6. The van der Waals surface area contributed by atoms with Crippen molar-refractivity contribution in [3.63, 3.8) is 0 Å². The molecule has 0 atom stereocenters. The Labute approximate surface area is 202 Å². The van der Waals surface area contributed by atoms with Gasteiger partial charge in [0, 0.05) is 11.1 Å². The summed E-state index contributed by atoms with van der Waals surface area (Å²) in [7, 11) is 0. The van der Waals surface area contributed by atoms with E-state index in [1.807, 2.05) is 6.07 Å². The van der Waals surface area contributed by atoms with Crippen LogP contribution in [0.2, 0.25) is 0 Å². The van der Waals surface area contributed by atoms with Crippen LogP contribution < -0.4 is 14.5 Å². The minimum Gasteiger partial charge on any atom is -0.458 e. The lowest BCUT2D eigenvalue weighted by Crippen LogP contribution is -2.55. The highest BCUT2D eigenvalue weighted by Gasteiger charge is 2.59. The molecule has 1 saturated carbocycles. The molecule has 2 aromatic carbocycles. The molecule has 34 heavy (non-hydrogen) atoms. The van der Waals surface area contributed by atoms with Gasteiger partial charge in [0.1, 0.15) is 23.7 Å². The van der Waals surface area contributed by atoms with Crippen LogP contribution >= 0.6 is 24.0 Å². The number of aliphatic hydroxyl groups is 1. The molecule has 2 aromatic rings. The van der Waals surface area contributed by atoms with Crippen LogP contribution in [0.25, 0.3) is 0 Å². The molecule has 0 unspecified atom stereocenters. The van der Waals surface area contributed by atoms with E-state index in [9.17, 15) is 23.1 Å². The number of nitrogens with zero attached hydrogens (tertiary/aromatic N) is 3. The van der Waals surface area contributed by atoms with Crippen molar-refractivity contribution >= 4 is 46.4 Å². The van der Waals surface area contributed by atoms with Crippen LogP contribution in [-0.2, 0) is 11.0 Å². The van der Waals surface area contributed by atoms with Crippen molar-refractivity contribution in [2.45, 2.75) is 35.9 Å². The molecule has 6 nitrogen and oxygen atoms in total. The van der Waals surface area contributed by atoms with Gasteiger partial charge in [-0.05, 0) is 67.9 Å². The third-order valence-corrected chi connectivity index (χ3v) is 7.50. The first-order valence-electron chi connectivity index (χ1n) is 10.3. The minimum absolute atomic E-state index is 0.0266. The molecular formula is C23H16F3N3O3S2. The van der Waals surface area contributed by atoms with Gasteiger partial charge in [-0.3, -0.25) is 9.69 Å². The van der Waals surface area contributed by atoms with Gasteiger partial charge in [0.2, 0.25) is 0 Å². The Morgan fingerprint density at radius 3 is 2.56 bits per heavy atom. The highest BCUT2D eigenvalue weighted by atomic mass is 32.2. The van der Waals surface area contributed by atoms with Crippen LogP contribution in [0.4, 0.5) is 24.5 Å². The summed E-state index contributed by atoms with van der Waals surface area (Å²) in [5.41, 5.74) is -2.00. The molecule has 174 valence electrons. The zero-order valence-electron chi connectivity index (χ0n) is 17.4. The summed E-state index contributed by atoms with van der Waals surface area (Å²) in [6.45, 7) is -0.235. The third kappa shape index (κ3) is 3.36. The number of hydrogen-bond acceptors (Lipinski definition) is 6. The second-order valence-corrected chi connectivity index (χ2v) is 9.35. The number of aliphatic hydroxyl groups excluding tert-OH is 1. The topological polar surface area (TPSA) is 76.8 Å². The normalized spacial score (nSPS) is 18.9. The first-order valence-corrected chi connectivity index (χ1v) is 11.6. The van der Waals surface area contributed by atoms with E-state index in [0.29, 0.717) is 30.0 Å². The number of alkyl halides is 3. The summed E-state index contributed by atoms with van der Waals surface area (Å²) < 4.78 is 46.3. The average molecular weight is 504 g/mol.